The minimum absolute atomic E-state index is 0.00438. The molecule has 1 amide bonds. The van der Waals surface area contributed by atoms with Gasteiger partial charge >= 0.3 is 5.97 Å². The Hall–Kier alpha value is -1.40. The average molecular weight is 217 g/mol. The van der Waals surface area contributed by atoms with Gasteiger partial charge in [0.05, 0.1) is 13.2 Å². The second-order valence-electron chi connectivity index (χ2n) is 2.91. The summed E-state index contributed by atoms with van der Waals surface area (Å²) in [5.41, 5.74) is 0.275. The van der Waals surface area contributed by atoms with Crippen LogP contribution in [0.5, 0.6) is 0 Å². The smallest absolute Gasteiger partial charge is 0.333 e. The number of carbonyl (C=O) groups excluding carboxylic acids is 2. The van der Waals surface area contributed by atoms with Crippen molar-refractivity contribution < 1.29 is 24.5 Å². The fourth-order valence-electron chi connectivity index (χ4n) is 0.642. The molecule has 0 heterocycles. The van der Waals surface area contributed by atoms with Crippen molar-refractivity contribution in [3.8, 4) is 0 Å². The van der Waals surface area contributed by atoms with Gasteiger partial charge in [-0.1, -0.05) is 6.58 Å². The summed E-state index contributed by atoms with van der Waals surface area (Å²) >= 11 is 0. The van der Waals surface area contributed by atoms with Crippen LogP contribution in [0.3, 0.4) is 0 Å². The maximum atomic E-state index is 10.9. The van der Waals surface area contributed by atoms with Crippen LogP contribution in [0.1, 0.15) is 6.92 Å². The summed E-state index contributed by atoms with van der Waals surface area (Å²) in [6, 6.07) is 0. The molecule has 0 bridgehead atoms. The lowest BCUT2D eigenvalue weighted by molar-refractivity contribution is -0.140. The molecule has 6 nitrogen and oxygen atoms in total. The topological polar surface area (TPSA) is 95.9 Å². The van der Waals surface area contributed by atoms with E-state index < -0.39 is 24.6 Å². The first-order valence-electron chi connectivity index (χ1n) is 4.38. The first kappa shape index (κ1) is 13.6. The van der Waals surface area contributed by atoms with Gasteiger partial charge in [0, 0.05) is 5.57 Å². The Kier molecular flexibility index (Phi) is 6.32. The van der Waals surface area contributed by atoms with E-state index in [-0.39, 0.29) is 18.7 Å². The Morgan fingerprint density at radius 2 is 2.13 bits per heavy atom. The number of aliphatic hydroxyl groups is 2. The summed E-state index contributed by atoms with van der Waals surface area (Å²) in [5.74, 6) is -1.24. The van der Waals surface area contributed by atoms with E-state index in [0.29, 0.717) is 0 Å². The number of esters is 1. The van der Waals surface area contributed by atoms with Gasteiger partial charge in [0.25, 0.3) is 5.91 Å². The highest BCUT2D eigenvalue weighted by molar-refractivity contribution is 5.87. The Balaban J connectivity index is 3.59. The molecule has 0 radical (unpaired) electrons. The van der Waals surface area contributed by atoms with E-state index >= 15 is 0 Å². The van der Waals surface area contributed by atoms with Gasteiger partial charge in [0.15, 0.2) is 6.10 Å². The molecule has 0 rings (SSSR count). The highest BCUT2D eigenvalue weighted by Crippen LogP contribution is 1.90. The number of hydrogen-bond acceptors (Lipinski definition) is 5. The minimum Gasteiger partial charge on any atom is -0.460 e. The lowest BCUT2D eigenvalue weighted by Gasteiger charge is -2.08. The van der Waals surface area contributed by atoms with Crippen molar-refractivity contribution in [3.63, 3.8) is 0 Å². The molecule has 0 aromatic rings. The summed E-state index contributed by atoms with van der Waals surface area (Å²) in [6.45, 7) is 4.32. The SMILES string of the molecule is C=C(C)C(=O)OCCNC(=O)C(O)CO. The van der Waals surface area contributed by atoms with E-state index in [0.717, 1.165) is 0 Å². The van der Waals surface area contributed by atoms with Crippen LogP contribution < -0.4 is 5.32 Å². The molecule has 0 aliphatic carbocycles. The van der Waals surface area contributed by atoms with Gasteiger partial charge in [0.2, 0.25) is 0 Å². The van der Waals surface area contributed by atoms with Gasteiger partial charge < -0.3 is 20.3 Å². The average Bonchev–Trinajstić information content (AvgIpc) is 2.22. The second-order valence-corrected chi connectivity index (χ2v) is 2.91. The predicted octanol–water partition coefficient (Wildman–Crippen LogP) is -1.42. The third kappa shape index (κ3) is 5.82. The molecule has 0 aliphatic heterocycles. The van der Waals surface area contributed by atoms with E-state index in [1.54, 1.807) is 0 Å². The molecule has 6 heteroatoms. The summed E-state index contributed by atoms with van der Waals surface area (Å²) in [4.78, 5) is 21.7. The van der Waals surface area contributed by atoms with Crippen LogP contribution in [-0.4, -0.2) is 48.0 Å². The molecule has 1 atom stereocenters. The van der Waals surface area contributed by atoms with Crippen LogP contribution in [0.2, 0.25) is 0 Å². The summed E-state index contributed by atoms with van der Waals surface area (Å²) in [7, 11) is 0. The van der Waals surface area contributed by atoms with Crippen molar-refractivity contribution in [2.24, 2.45) is 0 Å². The lowest BCUT2D eigenvalue weighted by Crippen LogP contribution is -2.38. The summed E-state index contributed by atoms with van der Waals surface area (Å²) in [5, 5.41) is 19.5. The van der Waals surface area contributed by atoms with E-state index in [9.17, 15) is 9.59 Å². The second kappa shape index (κ2) is 6.97. The molecular formula is C9H15NO5. The Bertz CT molecular complexity index is 251. The van der Waals surface area contributed by atoms with Crippen LogP contribution in [-0.2, 0) is 14.3 Å². The van der Waals surface area contributed by atoms with E-state index in [4.69, 9.17) is 10.2 Å². The van der Waals surface area contributed by atoms with E-state index in [1.165, 1.54) is 6.92 Å². The Morgan fingerprint density at radius 1 is 1.53 bits per heavy atom. The highest BCUT2D eigenvalue weighted by atomic mass is 16.5. The number of amides is 1. The molecule has 86 valence electrons. The maximum Gasteiger partial charge on any atom is 0.333 e. The van der Waals surface area contributed by atoms with Crippen LogP contribution in [0.4, 0.5) is 0 Å². The van der Waals surface area contributed by atoms with Gasteiger partial charge in [-0.25, -0.2) is 4.79 Å². The third-order valence-electron chi connectivity index (χ3n) is 1.46. The molecule has 0 saturated carbocycles. The van der Waals surface area contributed by atoms with Crippen LogP contribution in [0.25, 0.3) is 0 Å². The molecular weight excluding hydrogens is 202 g/mol. The quantitative estimate of drug-likeness (QED) is 0.288. The van der Waals surface area contributed by atoms with Crippen LogP contribution in [0.15, 0.2) is 12.2 Å². The number of carbonyl (C=O) groups is 2. The van der Waals surface area contributed by atoms with Crippen LogP contribution >= 0.6 is 0 Å². The number of nitrogens with one attached hydrogen (secondary N) is 1. The standard InChI is InChI=1S/C9H15NO5/c1-6(2)9(14)15-4-3-10-8(13)7(12)5-11/h7,11-12H,1,3-5H2,2H3,(H,10,13). The third-order valence-corrected chi connectivity index (χ3v) is 1.46. The summed E-state index contributed by atoms with van der Waals surface area (Å²) in [6.07, 6.45) is -1.44. The monoisotopic (exact) mass is 217 g/mol. The van der Waals surface area contributed by atoms with E-state index in [2.05, 4.69) is 16.6 Å². The van der Waals surface area contributed by atoms with E-state index in [1.807, 2.05) is 0 Å². The first-order chi connectivity index (χ1) is 6.99. The van der Waals surface area contributed by atoms with Gasteiger partial charge in [0.1, 0.15) is 6.61 Å². The molecule has 1 unspecified atom stereocenters. The van der Waals surface area contributed by atoms with Crippen molar-refractivity contribution in [1.29, 1.82) is 0 Å². The Morgan fingerprint density at radius 3 is 2.60 bits per heavy atom. The fraction of sp³-hybridized carbons (Fsp3) is 0.556. The molecule has 15 heavy (non-hydrogen) atoms. The Labute approximate surface area is 87.5 Å². The lowest BCUT2D eigenvalue weighted by atomic mass is 10.3. The largest absolute Gasteiger partial charge is 0.460 e. The molecule has 0 aromatic carbocycles. The normalized spacial score (nSPS) is 11.7. The van der Waals surface area contributed by atoms with Gasteiger partial charge in [-0.05, 0) is 6.92 Å². The molecule has 0 spiro atoms. The zero-order chi connectivity index (χ0) is 11.8. The summed E-state index contributed by atoms with van der Waals surface area (Å²) < 4.78 is 4.67. The number of aliphatic hydroxyl groups excluding tert-OH is 2. The van der Waals surface area contributed by atoms with Crippen molar-refractivity contribution >= 4 is 11.9 Å². The molecule has 0 fully saturated rings. The van der Waals surface area contributed by atoms with Crippen molar-refractivity contribution in [3.05, 3.63) is 12.2 Å². The number of hydrogen-bond donors (Lipinski definition) is 3. The maximum absolute atomic E-state index is 10.9. The van der Waals surface area contributed by atoms with Crippen molar-refractivity contribution in [2.75, 3.05) is 19.8 Å². The van der Waals surface area contributed by atoms with Gasteiger partial charge in [-0.15, -0.1) is 0 Å². The molecule has 0 aliphatic rings. The number of rotatable bonds is 6. The molecule has 3 N–H and O–H groups in total. The zero-order valence-corrected chi connectivity index (χ0v) is 8.52. The predicted molar refractivity (Wildman–Crippen MR) is 51.9 cm³/mol. The van der Waals surface area contributed by atoms with Crippen LogP contribution in [0, 0.1) is 0 Å². The number of ether oxygens (including phenoxy) is 1. The molecule has 0 aromatic heterocycles. The van der Waals surface area contributed by atoms with Gasteiger partial charge in [-0.2, -0.15) is 0 Å². The fourth-order valence-corrected chi connectivity index (χ4v) is 0.642. The van der Waals surface area contributed by atoms with Crippen molar-refractivity contribution in [2.45, 2.75) is 13.0 Å². The minimum atomic E-state index is -1.44. The molecule has 0 saturated heterocycles. The highest BCUT2D eigenvalue weighted by Gasteiger charge is 2.12. The first-order valence-corrected chi connectivity index (χ1v) is 4.38. The van der Waals surface area contributed by atoms with Crippen molar-refractivity contribution in [1.82, 2.24) is 5.32 Å². The van der Waals surface area contributed by atoms with Gasteiger partial charge in [-0.3, -0.25) is 4.79 Å². The zero-order valence-electron chi connectivity index (χ0n) is 8.52.